The predicted molar refractivity (Wildman–Crippen MR) is 102 cm³/mol. The Hall–Kier alpha value is -1.97. The minimum atomic E-state index is -0.170. The Balaban J connectivity index is 1.50. The zero-order valence-electron chi connectivity index (χ0n) is 14.8. The van der Waals surface area contributed by atoms with Crippen LogP contribution >= 0.6 is 0 Å². The Morgan fingerprint density at radius 2 is 1.72 bits per heavy atom. The van der Waals surface area contributed by atoms with Crippen molar-refractivity contribution in [3.05, 3.63) is 65.5 Å². The molecular formula is C22H25FN2. The molecule has 0 atom stereocenters. The van der Waals surface area contributed by atoms with Crippen LogP contribution in [-0.2, 0) is 6.42 Å². The number of benzene rings is 2. The molecule has 2 aromatic rings. The normalized spacial score (nSPS) is 18.2. The van der Waals surface area contributed by atoms with E-state index in [4.69, 9.17) is 0 Å². The van der Waals surface area contributed by atoms with Crippen LogP contribution < -0.4 is 0 Å². The van der Waals surface area contributed by atoms with E-state index < -0.39 is 0 Å². The molecule has 25 heavy (non-hydrogen) atoms. The fraction of sp³-hybridized carbons (Fsp3) is 0.364. The summed E-state index contributed by atoms with van der Waals surface area (Å²) in [5.41, 5.74) is 6.30. The van der Waals surface area contributed by atoms with E-state index in [1.807, 2.05) is 6.07 Å². The van der Waals surface area contributed by atoms with E-state index in [2.05, 4.69) is 41.1 Å². The minimum Gasteiger partial charge on any atom is -0.304 e. The number of hydrogen-bond acceptors (Lipinski definition) is 2. The van der Waals surface area contributed by atoms with Gasteiger partial charge in [0.2, 0.25) is 0 Å². The third-order valence-corrected chi connectivity index (χ3v) is 5.50. The molecule has 1 heterocycles. The fourth-order valence-electron chi connectivity index (χ4n) is 3.96. The van der Waals surface area contributed by atoms with E-state index >= 15 is 0 Å². The van der Waals surface area contributed by atoms with Crippen LogP contribution in [0.5, 0.6) is 0 Å². The first-order chi connectivity index (χ1) is 12.2. The maximum absolute atomic E-state index is 13.6. The number of fused-ring (bicyclic) bond motifs is 1. The first kappa shape index (κ1) is 16.5. The third-order valence-electron chi connectivity index (χ3n) is 5.50. The maximum atomic E-state index is 13.6. The summed E-state index contributed by atoms with van der Waals surface area (Å²) in [6.45, 7) is 5.79. The first-order valence-electron chi connectivity index (χ1n) is 9.19. The Labute approximate surface area is 149 Å². The standard InChI is InChI=1S/C22H25FN2/c1-24-12-14-25(15-13-24)11-10-17-8-9-22-20(17)6-3-7-21(22)18-4-2-5-19(23)16-18/h2-8,16H,9-15H2,1H3. The van der Waals surface area contributed by atoms with E-state index in [0.717, 1.165) is 24.9 Å². The van der Waals surface area contributed by atoms with Crippen molar-refractivity contribution in [2.75, 3.05) is 39.8 Å². The van der Waals surface area contributed by atoms with Crippen LogP contribution in [0.1, 0.15) is 17.5 Å². The van der Waals surface area contributed by atoms with Crippen LogP contribution in [0.25, 0.3) is 16.7 Å². The lowest BCUT2D eigenvalue weighted by molar-refractivity contribution is 0.157. The van der Waals surface area contributed by atoms with E-state index in [9.17, 15) is 4.39 Å². The summed E-state index contributed by atoms with van der Waals surface area (Å²) < 4.78 is 13.6. The molecule has 0 amide bonds. The molecule has 0 bridgehead atoms. The molecule has 1 fully saturated rings. The molecule has 0 radical (unpaired) electrons. The summed E-state index contributed by atoms with van der Waals surface area (Å²) in [7, 11) is 2.20. The lowest BCUT2D eigenvalue weighted by Gasteiger charge is -2.32. The SMILES string of the molecule is CN1CCN(CCC2=CCc3c2cccc3-c2cccc(F)c2)CC1. The second kappa shape index (κ2) is 7.11. The second-order valence-electron chi connectivity index (χ2n) is 7.17. The van der Waals surface area contributed by atoms with Gasteiger partial charge in [0.25, 0.3) is 0 Å². The molecule has 1 saturated heterocycles. The lowest BCUT2D eigenvalue weighted by atomic mass is 9.94. The Kier molecular flexibility index (Phi) is 4.69. The number of piperazine rings is 1. The Bertz CT molecular complexity index is 788. The summed E-state index contributed by atoms with van der Waals surface area (Å²) in [4.78, 5) is 4.96. The van der Waals surface area contributed by atoms with Crippen molar-refractivity contribution in [1.29, 1.82) is 0 Å². The van der Waals surface area contributed by atoms with E-state index in [-0.39, 0.29) is 5.82 Å². The summed E-state index contributed by atoms with van der Waals surface area (Å²) in [5, 5.41) is 0. The molecule has 0 saturated carbocycles. The van der Waals surface area contributed by atoms with Gasteiger partial charge in [-0.25, -0.2) is 4.39 Å². The number of likely N-dealkylation sites (N-methyl/N-ethyl adjacent to an activating group) is 1. The molecule has 2 nitrogen and oxygen atoms in total. The number of allylic oxidation sites excluding steroid dienone is 1. The quantitative estimate of drug-likeness (QED) is 0.830. The number of nitrogens with zero attached hydrogens (tertiary/aromatic N) is 2. The molecule has 0 aromatic heterocycles. The van der Waals surface area contributed by atoms with Crippen LogP contribution in [0, 0.1) is 5.82 Å². The van der Waals surface area contributed by atoms with Crippen molar-refractivity contribution in [3.63, 3.8) is 0 Å². The van der Waals surface area contributed by atoms with Gasteiger partial charge in [-0.2, -0.15) is 0 Å². The molecule has 3 heteroatoms. The van der Waals surface area contributed by atoms with Gasteiger partial charge in [0.05, 0.1) is 0 Å². The van der Waals surface area contributed by atoms with Crippen LogP contribution in [0.15, 0.2) is 48.5 Å². The van der Waals surface area contributed by atoms with E-state index in [0.29, 0.717) is 0 Å². The van der Waals surface area contributed by atoms with Crippen molar-refractivity contribution >= 4 is 5.57 Å². The lowest BCUT2D eigenvalue weighted by Crippen LogP contribution is -2.44. The molecule has 2 aromatic carbocycles. The summed E-state index contributed by atoms with van der Waals surface area (Å²) in [6.07, 6.45) is 4.42. The van der Waals surface area contributed by atoms with Crippen molar-refractivity contribution in [2.24, 2.45) is 0 Å². The second-order valence-corrected chi connectivity index (χ2v) is 7.17. The van der Waals surface area contributed by atoms with Crippen molar-refractivity contribution < 1.29 is 4.39 Å². The highest BCUT2D eigenvalue weighted by molar-refractivity contribution is 5.81. The van der Waals surface area contributed by atoms with Gasteiger partial charge in [-0.05, 0) is 59.8 Å². The fourth-order valence-corrected chi connectivity index (χ4v) is 3.96. The minimum absolute atomic E-state index is 0.170. The van der Waals surface area contributed by atoms with Crippen LogP contribution in [-0.4, -0.2) is 49.6 Å². The molecule has 4 rings (SSSR count). The number of halogens is 1. The van der Waals surface area contributed by atoms with Gasteiger partial charge < -0.3 is 9.80 Å². The molecule has 0 N–H and O–H groups in total. The van der Waals surface area contributed by atoms with Gasteiger partial charge in [-0.15, -0.1) is 0 Å². The van der Waals surface area contributed by atoms with Crippen LogP contribution in [0.3, 0.4) is 0 Å². The van der Waals surface area contributed by atoms with Gasteiger partial charge >= 0.3 is 0 Å². The van der Waals surface area contributed by atoms with Crippen LogP contribution in [0.2, 0.25) is 0 Å². The molecule has 2 aliphatic rings. The molecule has 1 aliphatic heterocycles. The molecule has 0 unspecified atom stereocenters. The van der Waals surface area contributed by atoms with Crippen molar-refractivity contribution in [1.82, 2.24) is 9.80 Å². The maximum Gasteiger partial charge on any atom is 0.123 e. The van der Waals surface area contributed by atoms with Gasteiger partial charge in [0, 0.05) is 32.7 Å². The largest absolute Gasteiger partial charge is 0.304 e. The summed E-state index contributed by atoms with van der Waals surface area (Å²) >= 11 is 0. The Morgan fingerprint density at radius 1 is 0.960 bits per heavy atom. The van der Waals surface area contributed by atoms with Gasteiger partial charge in [-0.1, -0.05) is 36.4 Å². The summed E-state index contributed by atoms with van der Waals surface area (Å²) in [6, 6.07) is 13.4. The average Bonchev–Trinajstić information content (AvgIpc) is 3.04. The van der Waals surface area contributed by atoms with Crippen molar-refractivity contribution in [2.45, 2.75) is 12.8 Å². The number of hydrogen-bond donors (Lipinski definition) is 0. The van der Waals surface area contributed by atoms with Gasteiger partial charge in [0.15, 0.2) is 0 Å². The third kappa shape index (κ3) is 3.53. The Morgan fingerprint density at radius 3 is 2.52 bits per heavy atom. The molecular weight excluding hydrogens is 311 g/mol. The van der Waals surface area contributed by atoms with E-state index in [1.165, 1.54) is 54.5 Å². The highest BCUT2D eigenvalue weighted by Crippen LogP contribution is 2.36. The van der Waals surface area contributed by atoms with Crippen molar-refractivity contribution in [3.8, 4) is 11.1 Å². The topological polar surface area (TPSA) is 6.48 Å². The molecule has 130 valence electrons. The average molecular weight is 336 g/mol. The highest BCUT2D eigenvalue weighted by Gasteiger charge is 2.20. The first-order valence-corrected chi connectivity index (χ1v) is 9.19. The van der Waals surface area contributed by atoms with Gasteiger partial charge in [0.1, 0.15) is 5.82 Å². The number of rotatable bonds is 4. The van der Waals surface area contributed by atoms with Gasteiger partial charge in [-0.3, -0.25) is 0 Å². The molecule has 1 aliphatic carbocycles. The smallest absolute Gasteiger partial charge is 0.123 e. The zero-order chi connectivity index (χ0) is 17.2. The zero-order valence-corrected chi connectivity index (χ0v) is 14.8. The highest BCUT2D eigenvalue weighted by atomic mass is 19.1. The van der Waals surface area contributed by atoms with Crippen LogP contribution in [0.4, 0.5) is 4.39 Å². The monoisotopic (exact) mass is 336 g/mol. The summed E-state index contributed by atoms with van der Waals surface area (Å²) in [5.74, 6) is -0.170. The van der Waals surface area contributed by atoms with E-state index in [1.54, 1.807) is 12.1 Å². The predicted octanol–water partition coefficient (Wildman–Crippen LogP) is 4.07. The molecule has 0 spiro atoms.